The molecular formula is C13H20N4O. The number of aromatic nitrogens is 2. The largest absolute Gasteiger partial charge is 0.338 e. The van der Waals surface area contributed by atoms with Crippen molar-refractivity contribution in [1.29, 1.82) is 0 Å². The van der Waals surface area contributed by atoms with Crippen LogP contribution in [-0.4, -0.2) is 40.4 Å². The second-order valence-electron chi connectivity index (χ2n) is 5.95. The minimum Gasteiger partial charge on any atom is -0.338 e. The normalized spacial score (nSPS) is 27.8. The van der Waals surface area contributed by atoms with Crippen molar-refractivity contribution >= 4 is 5.91 Å². The highest BCUT2D eigenvalue weighted by molar-refractivity contribution is 5.92. The molecule has 5 nitrogen and oxygen atoms in total. The second-order valence-corrected chi connectivity index (χ2v) is 5.95. The molecule has 1 atom stereocenters. The molecule has 1 aliphatic carbocycles. The molecule has 1 unspecified atom stereocenters. The van der Waals surface area contributed by atoms with Gasteiger partial charge < -0.3 is 15.6 Å². The van der Waals surface area contributed by atoms with E-state index in [2.05, 4.69) is 16.9 Å². The number of carbonyl (C=O) groups excluding carboxylic acids is 1. The van der Waals surface area contributed by atoms with Gasteiger partial charge in [-0.15, -0.1) is 0 Å². The molecule has 0 radical (unpaired) electrons. The van der Waals surface area contributed by atoms with Gasteiger partial charge in [-0.2, -0.15) is 0 Å². The summed E-state index contributed by atoms with van der Waals surface area (Å²) in [5, 5.41) is 0. The van der Waals surface area contributed by atoms with E-state index in [4.69, 9.17) is 5.73 Å². The molecule has 98 valence electrons. The Morgan fingerprint density at radius 3 is 3.06 bits per heavy atom. The number of likely N-dealkylation sites (tertiary alicyclic amines) is 1. The number of amides is 1. The summed E-state index contributed by atoms with van der Waals surface area (Å²) in [7, 11) is 0. The topological polar surface area (TPSA) is 75.0 Å². The van der Waals surface area contributed by atoms with Crippen LogP contribution in [0.15, 0.2) is 6.20 Å². The maximum absolute atomic E-state index is 12.3. The number of aromatic amines is 1. The summed E-state index contributed by atoms with van der Waals surface area (Å²) >= 11 is 0. The first kappa shape index (κ1) is 11.7. The number of hydrogen-bond donors (Lipinski definition) is 2. The van der Waals surface area contributed by atoms with Gasteiger partial charge in [0.15, 0.2) is 0 Å². The van der Waals surface area contributed by atoms with E-state index in [9.17, 15) is 4.79 Å². The van der Waals surface area contributed by atoms with Crippen LogP contribution in [0.5, 0.6) is 0 Å². The average molecular weight is 248 g/mol. The summed E-state index contributed by atoms with van der Waals surface area (Å²) in [6.45, 7) is 4.32. The number of hydrogen-bond acceptors (Lipinski definition) is 3. The van der Waals surface area contributed by atoms with E-state index in [1.807, 2.05) is 4.90 Å². The third-order valence-electron chi connectivity index (χ3n) is 4.13. The number of H-pyrrole nitrogens is 1. The Hall–Kier alpha value is -1.36. The van der Waals surface area contributed by atoms with Gasteiger partial charge in [0.1, 0.15) is 11.5 Å². The lowest BCUT2D eigenvalue weighted by atomic mass is 9.90. The van der Waals surface area contributed by atoms with Crippen LogP contribution >= 0.6 is 0 Å². The maximum atomic E-state index is 12.3. The molecule has 3 rings (SSSR count). The minimum atomic E-state index is 0.0616. The lowest BCUT2D eigenvalue weighted by Crippen LogP contribution is -2.34. The van der Waals surface area contributed by atoms with Gasteiger partial charge in [-0.3, -0.25) is 4.79 Å². The zero-order valence-corrected chi connectivity index (χ0v) is 10.8. The van der Waals surface area contributed by atoms with Crippen LogP contribution in [-0.2, 0) is 0 Å². The Balaban J connectivity index is 1.70. The summed E-state index contributed by atoms with van der Waals surface area (Å²) in [6.07, 6.45) is 5.04. The van der Waals surface area contributed by atoms with Crippen molar-refractivity contribution in [2.75, 3.05) is 19.6 Å². The Bertz CT molecular complexity index is 465. The SMILES string of the molecule is CC1(CN)CCN(C(=O)c2cnc(C3CC3)[nH]2)C1. The van der Waals surface area contributed by atoms with Crippen LogP contribution < -0.4 is 5.73 Å². The van der Waals surface area contributed by atoms with Crippen LogP contribution in [0.3, 0.4) is 0 Å². The first-order valence-electron chi connectivity index (χ1n) is 6.65. The van der Waals surface area contributed by atoms with Gasteiger partial charge >= 0.3 is 0 Å². The average Bonchev–Trinajstić information content (AvgIpc) is 2.97. The van der Waals surface area contributed by atoms with E-state index in [1.165, 1.54) is 12.8 Å². The van der Waals surface area contributed by atoms with Crippen LogP contribution in [0.25, 0.3) is 0 Å². The molecule has 2 fully saturated rings. The fourth-order valence-corrected chi connectivity index (χ4v) is 2.54. The lowest BCUT2D eigenvalue weighted by Gasteiger charge is -2.22. The Morgan fingerprint density at radius 1 is 1.67 bits per heavy atom. The van der Waals surface area contributed by atoms with Crippen molar-refractivity contribution in [3.8, 4) is 0 Å². The van der Waals surface area contributed by atoms with Crippen molar-refractivity contribution in [2.24, 2.45) is 11.1 Å². The van der Waals surface area contributed by atoms with Crippen LogP contribution in [0.1, 0.15) is 48.4 Å². The fraction of sp³-hybridized carbons (Fsp3) is 0.692. The van der Waals surface area contributed by atoms with Crippen LogP contribution in [0.4, 0.5) is 0 Å². The zero-order valence-electron chi connectivity index (χ0n) is 10.8. The first-order chi connectivity index (χ1) is 8.61. The van der Waals surface area contributed by atoms with E-state index < -0.39 is 0 Å². The molecule has 0 aromatic carbocycles. The highest BCUT2D eigenvalue weighted by atomic mass is 16.2. The van der Waals surface area contributed by atoms with Gasteiger partial charge in [0, 0.05) is 19.0 Å². The summed E-state index contributed by atoms with van der Waals surface area (Å²) in [4.78, 5) is 21.7. The molecular weight excluding hydrogens is 228 g/mol. The molecule has 2 heterocycles. The number of nitrogens with zero attached hydrogens (tertiary/aromatic N) is 2. The van der Waals surface area contributed by atoms with Crippen LogP contribution in [0, 0.1) is 5.41 Å². The smallest absolute Gasteiger partial charge is 0.271 e. The molecule has 1 saturated carbocycles. The standard InChI is InChI=1S/C13H20N4O/c1-13(7-14)4-5-17(8-13)12(18)10-6-15-11(16-10)9-2-3-9/h6,9H,2-5,7-8,14H2,1H3,(H,15,16). The molecule has 0 spiro atoms. The number of rotatable bonds is 3. The predicted octanol–water partition coefficient (Wildman–Crippen LogP) is 1.10. The van der Waals surface area contributed by atoms with Crippen LogP contribution in [0.2, 0.25) is 0 Å². The Morgan fingerprint density at radius 2 is 2.44 bits per heavy atom. The second kappa shape index (κ2) is 4.09. The van der Waals surface area contributed by atoms with Crippen molar-refractivity contribution in [1.82, 2.24) is 14.9 Å². The Kier molecular flexibility index (Phi) is 2.66. The quantitative estimate of drug-likeness (QED) is 0.841. The number of nitrogens with two attached hydrogens (primary N) is 1. The summed E-state index contributed by atoms with van der Waals surface area (Å²) in [6, 6.07) is 0. The summed E-state index contributed by atoms with van der Waals surface area (Å²) in [5.74, 6) is 1.59. The van der Waals surface area contributed by atoms with E-state index in [1.54, 1.807) is 6.20 Å². The molecule has 2 aliphatic rings. The van der Waals surface area contributed by atoms with Crippen molar-refractivity contribution < 1.29 is 4.79 Å². The van der Waals surface area contributed by atoms with Crippen molar-refractivity contribution in [3.05, 3.63) is 17.7 Å². The molecule has 1 saturated heterocycles. The zero-order chi connectivity index (χ0) is 12.8. The molecule has 1 aliphatic heterocycles. The predicted molar refractivity (Wildman–Crippen MR) is 68.2 cm³/mol. The van der Waals surface area contributed by atoms with Gasteiger partial charge in [-0.25, -0.2) is 4.98 Å². The molecule has 0 bridgehead atoms. The summed E-state index contributed by atoms with van der Waals surface area (Å²) in [5.41, 5.74) is 6.46. The number of nitrogens with one attached hydrogen (secondary N) is 1. The molecule has 3 N–H and O–H groups in total. The summed E-state index contributed by atoms with van der Waals surface area (Å²) < 4.78 is 0. The molecule has 5 heteroatoms. The first-order valence-corrected chi connectivity index (χ1v) is 6.65. The molecule has 1 aromatic rings. The van der Waals surface area contributed by atoms with E-state index in [0.29, 0.717) is 18.2 Å². The van der Waals surface area contributed by atoms with E-state index >= 15 is 0 Å². The third kappa shape index (κ3) is 2.03. The van der Waals surface area contributed by atoms with Gasteiger partial charge in [-0.1, -0.05) is 6.92 Å². The van der Waals surface area contributed by atoms with Gasteiger partial charge in [0.05, 0.1) is 6.20 Å². The third-order valence-corrected chi connectivity index (χ3v) is 4.13. The molecule has 18 heavy (non-hydrogen) atoms. The highest BCUT2D eigenvalue weighted by Gasteiger charge is 2.36. The fourth-order valence-electron chi connectivity index (χ4n) is 2.54. The van der Waals surface area contributed by atoms with Gasteiger partial charge in [-0.05, 0) is 31.2 Å². The van der Waals surface area contributed by atoms with Crippen molar-refractivity contribution in [2.45, 2.75) is 32.1 Å². The van der Waals surface area contributed by atoms with E-state index in [-0.39, 0.29) is 11.3 Å². The van der Waals surface area contributed by atoms with Crippen molar-refractivity contribution in [3.63, 3.8) is 0 Å². The number of imidazole rings is 1. The van der Waals surface area contributed by atoms with Gasteiger partial charge in [0.2, 0.25) is 0 Å². The van der Waals surface area contributed by atoms with E-state index in [0.717, 1.165) is 25.3 Å². The molecule has 1 aromatic heterocycles. The Labute approximate surface area is 107 Å². The maximum Gasteiger partial charge on any atom is 0.271 e. The molecule has 1 amide bonds. The lowest BCUT2D eigenvalue weighted by molar-refractivity contribution is 0.0771. The minimum absolute atomic E-state index is 0.0616. The monoisotopic (exact) mass is 248 g/mol. The van der Waals surface area contributed by atoms with Gasteiger partial charge in [0.25, 0.3) is 5.91 Å². The highest BCUT2D eigenvalue weighted by Crippen LogP contribution is 2.38. The number of carbonyl (C=O) groups is 1.